The fraction of sp³-hybridized carbons (Fsp3) is 0.467. The lowest BCUT2D eigenvalue weighted by Crippen LogP contribution is -2.47. The summed E-state index contributed by atoms with van der Waals surface area (Å²) in [4.78, 5) is 25.0. The topological polar surface area (TPSA) is 88.1 Å². The lowest BCUT2D eigenvalue weighted by atomic mass is 10.0. The molecule has 1 aromatic rings. The fourth-order valence-electron chi connectivity index (χ4n) is 2.84. The van der Waals surface area contributed by atoms with Gasteiger partial charge in [-0.2, -0.15) is 0 Å². The highest BCUT2D eigenvalue weighted by molar-refractivity contribution is 6.32. The zero-order chi connectivity index (χ0) is 16.6. The van der Waals surface area contributed by atoms with Crippen molar-refractivity contribution in [1.82, 2.24) is 10.2 Å². The van der Waals surface area contributed by atoms with Crippen LogP contribution in [-0.2, 0) is 4.79 Å². The minimum Gasteiger partial charge on any atom is -0.480 e. The van der Waals surface area contributed by atoms with Crippen LogP contribution in [0, 0.1) is 0 Å². The molecule has 0 aliphatic carbocycles. The van der Waals surface area contributed by atoms with E-state index in [4.69, 9.17) is 26.2 Å². The summed E-state index contributed by atoms with van der Waals surface area (Å²) in [6.07, 6.45) is 0.685. The quantitative estimate of drug-likeness (QED) is 0.860. The molecule has 2 N–H and O–H groups in total. The molecular formula is C15H17ClN2O5. The SMILES string of the molecule is CC1(NCC(=O)O)CCN(C(=O)c2cc(Cl)c3c(c2)OCO3)C1. The molecule has 8 heteroatoms. The summed E-state index contributed by atoms with van der Waals surface area (Å²) in [6, 6.07) is 3.19. The van der Waals surface area contributed by atoms with E-state index in [9.17, 15) is 9.59 Å². The predicted molar refractivity (Wildman–Crippen MR) is 82.1 cm³/mol. The number of hydrogen-bond donors (Lipinski definition) is 2. The largest absolute Gasteiger partial charge is 0.480 e. The molecule has 0 radical (unpaired) electrons. The second kappa shape index (κ2) is 5.90. The second-order valence-corrected chi connectivity index (χ2v) is 6.38. The van der Waals surface area contributed by atoms with Gasteiger partial charge in [0.25, 0.3) is 5.91 Å². The minimum absolute atomic E-state index is 0.0909. The normalized spacial score (nSPS) is 22.4. The van der Waals surface area contributed by atoms with Gasteiger partial charge in [-0.05, 0) is 25.5 Å². The number of benzene rings is 1. The first-order chi connectivity index (χ1) is 10.9. The van der Waals surface area contributed by atoms with Gasteiger partial charge in [0, 0.05) is 24.2 Å². The lowest BCUT2D eigenvalue weighted by molar-refractivity contribution is -0.136. The molecule has 2 aliphatic heterocycles. The highest BCUT2D eigenvalue weighted by atomic mass is 35.5. The third-order valence-electron chi connectivity index (χ3n) is 4.10. The van der Waals surface area contributed by atoms with E-state index in [1.165, 1.54) is 0 Å². The van der Waals surface area contributed by atoms with E-state index >= 15 is 0 Å². The maximum absolute atomic E-state index is 12.7. The first kappa shape index (κ1) is 15.9. The molecule has 23 heavy (non-hydrogen) atoms. The molecule has 2 aliphatic rings. The molecule has 7 nitrogen and oxygen atoms in total. The first-order valence-corrected chi connectivity index (χ1v) is 7.61. The summed E-state index contributed by atoms with van der Waals surface area (Å²) in [7, 11) is 0. The van der Waals surface area contributed by atoms with Crippen molar-refractivity contribution in [3.05, 3.63) is 22.7 Å². The average Bonchev–Trinajstić information content (AvgIpc) is 3.12. The van der Waals surface area contributed by atoms with Crippen LogP contribution in [0.4, 0.5) is 0 Å². The van der Waals surface area contributed by atoms with Gasteiger partial charge in [0.15, 0.2) is 11.5 Å². The first-order valence-electron chi connectivity index (χ1n) is 7.23. The van der Waals surface area contributed by atoms with E-state index in [0.717, 1.165) is 0 Å². The summed E-state index contributed by atoms with van der Waals surface area (Å²) < 4.78 is 10.5. The molecular weight excluding hydrogens is 324 g/mol. The number of aliphatic carboxylic acids is 1. The van der Waals surface area contributed by atoms with Crippen LogP contribution in [0.1, 0.15) is 23.7 Å². The van der Waals surface area contributed by atoms with Crippen LogP contribution in [0.25, 0.3) is 0 Å². The maximum Gasteiger partial charge on any atom is 0.317 e. The maximum atomic E-state index is 12.7. The molecule has 1 amide bonds. The summed E-state index contributed by atoms with van der Waals surface area (Å²) in [5.74, 6) is -0.158. The zero-order valence-electron chi connectivity index (χ0n) is 12.6. The second-order valence-electron chi connectivity index (χ2n) is 5.98. The number of halogens is 1. The van der Waals surface area contributed by atoms with Crippen molar-refractivity contribution in [3.8, 4) is 11.5 Å². The smallest absolute Gasteiger partial charge is 0.317 e. The number of ether oxygens (including phenoxy) is 2. The summed E-state index contributed by atoms with van der Waals surface area (Å²) in [6.45, 7) is 2.86. The van der Waals surface area contributed by atoms with Gasteiger partial charge in [0.1, 0.15) is 0 Å². The number of carboxylic acid groups (broad SMARTS) is 1. The van der Waals surface area contributed by atoms with Gasteiger partial charge in [0.2, 0.25) is 6.79 Å². The number of likely N-dealkylation sites (tertiary alicyclic amines) is 1. The molecule has 1 fully saturated rings. The van der Waals surface area contributed by atoms with Gasteiger partial charge in [-0.25, -0.2) is 0 Å². The Hall–Kier alpha value is -1.99. The number of fused-ring (bicyclic) bond motifs is 1. The van der Waals surface area contributed by atoms with Crippen LogP contribution in [-0.4, -0.2) is 53.8 Å². The molecule has 1 atom stereocenters. The van der Waals surface area contributed by atoms with Crippen LogP contribution in [0.3, 0.4) is 0 Å². The Morgan fingerprint density at radius 1 is 1.43 bits per heavy atom. The standard InChI is InChI=1S/C15H17ClN2O5/c1-15(17-6-12(19)20)2-3-18(7-15)14(21)9-4-10(16)13-11(5-9)22-8-23-13/h4-5,17H,2-3,6-8H2,1H3,(H,19,20). The molecule has 0 saturated carbocycles. The number of nitrogens with one attached hydrogen (secondary N) is 1. The number of hydrogen-bond acceptors (Lipinski definition) is 5. The number of carboxylic acids is 1. The molecule has 0 spiro atoms. The number of carbonyl (C=O) groups is 2. The molecule has 2 heterocycles. The lowest BCUT2D eigenvalue weighted by Gasteiger charge is -2.25. The minimum atomic E-state index is -0.918. The third-order valence-corrected chi connectivity index (χ3v) is 4.38. The molecule has 3 rings (SSSR count). The monoisotopic (exact) mass is 340 g/mol. The van der Waals surface area contributed by atoms with Crippen molar-refractivity contribution in [1.29, 1.82) is 0 Å². The van der Waals surface area contributed by atoms with Crippen LogP contribution in [0.15, 0.2) is 12.1 Å². The Balaban J connectivity index is 1.72. The Kier molecular flexibility index (Phi) is 4.08. The van der Waals surface area contributed by atoms with E-state index in [-0.39, 0.29) is 19.2 Å². The van der Waals surface area contributed by atoms with Crippen molar-refractivity contribution in [3.63, 3.8) is 0 Å². The van der Waals surface area contributed by atoms with E-state index < -0.39 is 11.5 Å². The molecule has 0 bridgehead atoms. The van der Waals surface area contributed by atoms with Gasteiger partial charge in [-0.3, -0.25) is 14.9 Å². The number of carbonyl (C=O) groups excluding carboxylic acids is 1. The number of amides is 1. The molecule has 1 aromatic carbocycles. The molecule has 1 unspecified atom stereocenters. The molecule has 124 valence electrons. The van der Waals surface area contributed by atoms with Gasteiger partial charge in [-0.1, -0.05) is 11.6 Å². The van der Waals surface area contributed by atoms with Crippen LogP contribution in [0.5, 0.6) is 11.5 Å². The Morgan fingerprint density at radius 3 is 2.96 bits per heavy atom. The highest BCUT2D eigenvalue weighted by Gasteiger charge is 2.36. The van der Waals surface area contributed by atoms with E-state index in [0.29, 0.717) is 41.6 Å². The Morgan fingerprint density at radius 2 is 2.22 bits per heavy atom. The average molecular weight is 341 g/mol. The highest BCUT2D eigenvalue weighted by Crippen LogP contribution is 2.40. The van der Waals surface area contributed by atoms with Crippen molar-refractivity contribution in [2.24, 2.45) is 0 Å². The van der Waals surface area contributed by atoms with Crippen LogP contribution < -0.4 is 14.8 Å². The van der Waals surface area contributed by atoms with Crippen LogP contribution in [0.2, 0.25) is 5.02 Å². The van der Waals surface area contributed by atoms with Gasteiger partial charge in [-0.15, -0.1) is 0 Å². The van der Waals surface area contributed by atoms with E-state index in [2.05, 4.69) is 5.32 Å². The zero-order valence-corrected chi connectivity index (χ0v) is 13.4. The fourth-order valence-corrected chi connectivity index (χ4v) is 3.11. The van der Waals surface area contributed by atoms with Crippen molar-refractivity contribution >= 4 is 23.5 Å². The predicted octanol–water partition coefficient (Wildman–Crippen LogP) is 1.35. The third kappa shape index (κ3) is 3.20. The number of rotatable bonds is 4. The van der Waals surface area contributed by atoms with Crippen molar-refractivity contribution < 1.29 is 24.2 Å². The Bertz CT molecular complexity index is 666. The summed E-state index contributed by atoms with van der Waals surface area (Å²) >= 11 is 6.11. The van der Waals surface area contributed by atoms with E-state index in [1.54, 1.807) is 17.0 Å². The Labute approximate surface area is 138 Å². The molecule has 1 saturated heterocycles. The van der Waals surface area contributed by atoms with Crippen LogP contribution >= 0.6 is 11.6 Å². The van der Waals surface area contributed by atoms with Crippen molar-refractivity contribution in [2.75, 3.05) is 26.4 Å². The van der Waals surface area contributed by atoms with Gasteiger partial charge >= 0.3 is 5.97 Å². The van der Waals surface area contributed by atoms with Gasteiger partial charge < -0.3 is 19.5 Å². The van der Waals surface area contributed by atoms with E-state index in [1.807, 2.05) is 6.92 Å². The summed E-state index contributed by atoms with van der Waals surface area (Å²) in [5.41, 5.74) is 0.0236. The number of nitrogens with zero attached hydrogens (tertiary/aromatic N) is 1. The summed E-state index contributed by atoms with van der Waals surface area (Å²) in [5, 5.41) is 12.1. The van der Waals surface area contributed by atoms with Gasteiger partial charge in [0.05, 0.1) is 11.6 Å². The molecule has 0 aromatic heterocycles. The van der Waals surface area contributed by atoms with Crippen molar-refractivity contribution in [2.45, 2.75) is 18.9 Å².